The summed E-state index contributed by atoms with van der Waals surface area (Å²) < 4.78 is 5.18. The van der Waals surface area contributed by atoms with Crippen LogP contribution in [-0.4, -0.2) is 17.9 Å². The summed E-state index contributed by atoms with van der Waals surface area (Å²) in [6, 6.07) is 9.57. The smallest absolute Gasteiger partial charge is 0.308 e. The summed E-state index contributed by atoms with van der Waals surface area (Å²) in [5.41, 5.74) is 0.958. The Morgan fingerprint density at radius 3 is 2.16 bits per heavy atom. The van der Waals surface area contributed by atoms with Crippen LogP contribution >= 0.6 is 0 Å². The zero-order chi connectivity index (χ0) is 14.4. The minimum Gasteiger partial charge on any atom is -0.463 e. The van der Waals surface area contributed by atoms with Gasteiger partial charge in [0.25, 0.3) is 0 Å². The third-order valence-electron chi connectivity index (χ3n) is 3.04. The molecule has 0 heterocycles. The molecule has 0 bridgehead atoms. The van der Waals surface area contributed by atoms with Gasteiger partial charge in [-0.25, -0.2) is 0 Å². The van der Waals surface area contributed by atoms with Crippen molar-refractivity contribution in [3.05, 3.63) is 35.9 Å². The fourth-order valence-corrected chi connectivity index (χ4v) is 2.02. The minimum atomic E-state index is -0.281. The van der Waals surface area contributed by atoms with Gasteiger partial charge in [0.05, 0.1) is 12.0 Å². The van der Waals surface area contributed by atoms with Gasteiger partial charge in [-0.2, -0.15) is 0 Å². The van der Waals surface area contributed by atoms with E-state index in [4.69, 9.17) is 4.74 Å². The second-order valence-corrected chi connectivity index (χ2v) is 5.20. The Labute approximate surface area is 115 Å². The number of carbonyl (C=O) groups excluding carboxylic acids is 2. The van der Waals surface area contributed by atoms with E-state index >= 15 is 0 Å². The molecule has 0 radical (unpaired) electrons. The number of ketones is 1. The average Bonchev–Trinajstić information content (AvgIpc) is 2.35. The van der Waals surface area contributed by atoms with E-state index in [0.717, 1.165) is 5.56 Å². The summed E-state index contributed by atoms with van der Waals surface area (Å²) >= 11 is 0. The van der Waals surface area contributed by atoms with Crippen molar-refractivity contribution in [3.63, 3.8) is 0 Å². The first-order chi connectivity index (χ1) is 8.91. The van der Waals surface area contributed by atoms with Crippen LogP contribution in [0.4, 0.5) is 0 Å². The maximum absolute atomic E-state index is 11.8. The van der Waals surface area contributed by atoms with Gasteiger partial charge in [-0.1, -0.05) is 37.3 Å². The van der Waals surface area contributed by atoms with Crippen LogP contribution in [0.3, 0.4) is 0 Å². The molecule has 2 atom stereocenters. The highest BCUT2D eigenvalue weighted by atomic mass is 16.5. The number of hydrogen-bond acceptors (Lipinski definition) is 3. The Kier molecular flexibility index (Phi) is 5.74. The standard InChI is InChI=1S/C16H22O3/c1-11(2)19-16(18)12(3)10-15(13(4)17)14-8-6-5-7-9-14/h5-9,11-12,15H,10H2,1-4H3. The molecule has 0 saturated carbocycles. The highest BCUT2D eigenvalue weighted by Gasteiger charge is 2.24. The summed E-state index contributed by atoms with van der Waals surface area (Å²) in [5.74, 6) is -0.681. The molecule has 0 spiro atoms. The van der Waals surface area contributed by atoms with Gasteiger partial charge in [0.1, 0.15) is 5.78 Å². The molecule has 0 N–H and O–H groups in total. The fourth-order valence-electron chi connectivity index (χ4n) is 2.02. The molecule has 0 fully saturated rings. The van der Waals surface area contributed by atoms with Crippen molar-refractivity contribution in [1.29, 1.82) is 0 Å². The van der Waals surface area contributed by atoms with Gasteiger partial charge in [0.15, 0.2) is 0 Å². The van der Waals surface area contributed by atoms with E-state index in [9.17, 15) is 9.59 Å². The molecular formula is C16H22O3. The van der Waals surface area contributed by atoms with E-state index in [1.54, 1.807) is 6.92 Å². The highest BCUT2D eigenvalue weighted by Crippen LogP contribution is 2.25. The summed E-state index contributed by atoms with van der Waals surface area (Å²) in [4.78, 5) is 23.6. The van der Waals surface area contributed by atoms with E-state index < -0.39 is 0 Å². The zero-order valence-corrected chi connectivity index (χ0v) is 12.1. The normalized spacial score (nSPS) is 13.9. The largest absolute Gasteiger partial charge is 0.463 e. The second kappa shape index (κ2) is 7.07. The Balaban J connectivity index is 2.75. The van der Waals surface area contributed by atoms with Gasteiger partial charge in [0, 0.05) is 5.92 Å². The van der Waals surface area contributed by atoms with Crippen LogP contribution in [0.2, 0.25) is 0 Å². The van der Waals surface area contributed by atoms with Crippen molar-refractivity contribution >= 4 is 11.8 Å². The summed E-state index contributed by atoms with van der Waals surface area (Å²) in [6.07, 6.45) is 0.368. The molecule has 1 rings (SSSR count). The molecule has 0 aliphatic carbocycles. The van der Waals surface area contributed by atoms with Crippen LogP contribution in [0.5, 0.6) is 0 Å². The van der Waals surface area contributed by atoms with Crippen molar-refractivity contribution in [2.24, 2.45) is 5.92 Å². The third-order valence-corrected chi connectivity index (χ3v) is 3.04. The SMILES string of the molecule is CC(=O)C(CC(C)C(=O)OC(C)C)c1ccccc1. The number of ether oxygens (including phenoxy) is 1. The maximum Gasteiger partial charge on any atom is 0.308 e. The summed E-state index contributed by atoms with van der Waals surface area (Å²) in [7, 11) is 0. The van der Waals surface area contributed by atoms with Gasteiger partial charge in [-0.3, -0.25) is 9.59 Å². The van der Waals surface area contributed by atoms with Gasteiger partial charge in [-0.05, 0) is 32.8 Å². The highest BCUT2D eigenvalue weighted by molar-refractivity contribution is 5.84. The van der Waals surface area contributed by atoms with Crippen molar-refractivity contribution in [1.82, 2.24) is 0 Å². The number of esters is 1. The molecule has 19 heavy (non-hydrogen) atoms. The molecule has 3 nitrogen and oxygen atoms in total. The van der Waals surface area contributed by atoms with Crippen molar-refractivity contribution < 1.29 is 14.3 Å². The number of rotatable bonds is 6. The Bertz CT molecular complexity index is 423. The first kappa shape index (κ1) is 15.4. The first-order valence-electron chi connectivity index (χ1n) is 6.67. The molecule has 2 unspecified atom stereocenters. The van der Waals surface area contributed by atoms with Crippen LogP contribution < -0.4 is 0 Å². The molecule has 0 aliphatic heterocycles. The monoisotopic (exact) mass is 262 g/mol. The Morgan fingerprint density at radius 1 is 1.11 bits per heavy atom. The molecule has 0 amide bonds. The van der Waals surface area contributed by atoms with Crippen molar-refractivity contribution in [3.8, 4) is 0 Å². The Hall–Kier alpha value is -1.64. The minimum absolute atomic E-state index is 0.0791. The van der Waals surface area contributed by atoms with Gasteiger partial charge in [-0.15, -0.1) is 0 Å². The molecule has 0 aromatic heterocycles. The fraction of sp³-hybridized carbons (Fsp3) is 0.500. The predicted octanol–water partition coefficient (Wildman–Crippen LogP) is 3.34. The number of benzene rings is 1. The van der Waals surface area contributed by atoms with Crippen LogP contribution in [0.15, 0.2) is 30.3 Å². The topological polar surface area (TPSA) is 43.4 Å². The molecule has 1 aromatic rings. The summed E-state index contributed by atoms with van der Waals surface area (Å²) in [5, 5.41) is 0. The van der Waals surface area contributed by atoms with Gasteiger partial charge < -0.3 is 4.74 Å². The lowest BCUT2D eigenvalue weighted by Crippen LogP contribution is -2.22. The molecule has 3 heteroatoms. The van der Waals surface area contributed by atoms with E-state index in [2.05, 4.69) is 0 Å². The van der Waals surface area contributed by atoms with Gasteiger partial charge in [0.2, 0.25) is 0 Å². The predicted molar refractivity (Wildman–Crippen MR) is 74.9 cm³/mol. The maximum atomic E-state index is 11.8. The average molecular weight is 262 g/mol. The van der Waals surface area contributed by atoms with Crippen LogP contribution in [-0.2, 0) is 14.3 Å². The molecule has 0 aliphatic rings. The van der Waals surface area contributed by atoms with Crippen LogP contribution in [0.25, 0.3) is 0 Å². The lowest BCUT2D eigenvalue weighted by molar-refractivity contribution is -0.152. The van der Waals surface area contributed by atoms with Crippen molar-refractivity contribution in [2.45, 2.75) is 46.1 Å². The third kappa shape index (κ3) is 4.86. The molecule has 0 saturated heterocycles. The van der Waals surface area contributed by atoms with E-state index in [1.807, 2.05) is 51.1 Å². The first-order valence-corrected chi connectivity index (χ1v) is 6.67. The number of carbonyl (C=O) groups is 2. The zero-order valence-electron chi connectivity index (χ0n) is 12.1. The van der Waals surface area contributed by atoms with E-state index in [-0.39, 0.29) is 29.7 Å². The van der Waals surface area contributed by atoms with Crippen LogP contribution in [0.1, 0.15) is 45.6 Å². The van der Waals surface area contributed by atoms with Crippen molar-refractivity contribution in [2.75, 3.05) is 0 Å². The number of hydrogen-bond donors (Lipinski definition) is 0. The second-order valence-electron chi connectivity index (χ2n) is 5.20. The Morgan fingerprint density at radius 2 is 1.68 bits per heavy atom. The molecule has 104 valence electrons. The van der Waals surface area contributed by atoms with E-state index in [1.165, 1.54) is 0 Å². The quantitative estimate of drug-likeness (QED) is 0.738. The van der Waals surface area contributed by atoms with Crippen LogP contribution in [0, 0.1) is 5.92 Å². The lowest BCUT2D eigenvalue weighted by atomic mass is 9.87. The van der Waals surface area contributed by atoms with E-state index in [0.29, 0.717) is 6.42 Å². The molecule has 1 aromatic carbocycles. The number of Topliss-reactive ketones (excluding diaryl/α,β-unsaturated/α-hetero) is 1. The molecular weight excluding hydrogens is 240 g/mol. The van der Waals surface area contributed by atoms with Gasteiger partial charge >= 0.3 is 5.97 Å². The summed E-state index contributed by atoms with van der Waals surface area (Å²) in [6.45, 7) is 7.02. The lowest BCUT2D eigenvalue weighted by Gasteiger charge is -2.19.